The normalized spacial score (nSPS) is 15.4. The lowest BCUT2D eigenvalue weighted by Crippen LogP contribution is -2.47. The van der Waals surface area contributed by atoms with Crippen molar-refractivity contribution in [3.63, 3.8) is 0 Å². The second-order valence-corrected chi connectivity index (χ2v) is 6.95. The Morgan fingerprint density at radius 3 is 2.66 bits per heavy atom. The highest BCUT2D eigenvalue weighted by atomic mass is 19.4. The first kappa shape index (κ1) is 19.0. The lowest BCUT2D eigenvalue weighted by molar-refractivity contribution is -0.158. The zero-order valence-corrected chi connectivity index (χ0v) is 15.2. The SMILES string of the molecule is Cc1cc(-c2ccc(C(N)=O)o2)nn2c(C(=O)NC(C3CC3)C(F)(F)F)ncc12. The molecule has 1 saturated carbocycles. The summed E-state index contributed by atoms with van der Waals surface area (Å²) in [6.45, 7) is 1.73. The summed E-state index contributed by atoms with van der Waals surface area (Å²) < 4.78 is 46.2. The van der Waals surface area contributed by atoms with Gasteiger partial charge in [-0.25, -0.2) is 9.50 Å². The molecule has 3 aromatic rings. The van der Waals surface area contributed by atoms with E-state index < -0.39 is 30.0 Å². The molecule has 1 aliphatic rings. The predicted molar refractivity (Wildman–Crippen MR) is 94.0 cm³/mol. The first-order chi connectivity index (χ1) is 13.6. The van der Waals surface area contributed by atoms with Gasteiger partial charge in [-0.15, -0.1) is 0 Å². The van der Waals surface area contributed by atoms with Gasteiger partial charge >= 0.3 is 6.18 Å². The van der Waals surface area contributed by atoms with Crippen molar-refractivity contribution in [2.75, 3.05) is 0 Å². The van der Waals surface area contributed by atoms with Gasteiger partial charge in [0.1, 0.15) is 11.7 Å². The molecule has 3 heterocycles. The molecule has 3 aromatic heterocycles. The van der Waals surface area contributed by atoms with Crippen LogP contribution in [0.4, 0.5) is 13.2 Å². The van der Waals surface area contributed by atoms with Crippen LogP contribution in [0.2, 0.25) is 0 Å². The summed E-state index contributed by atoms with van der Waals surface area (Å²) in [7, 11) is 0. The Morgan fingerprint density at radius 2 is 2.07 bits per heavy atom. The van der Waals surface area contributed by atoms with Crippen LogP contribution in [0, 0.1) is 12.8 Å². The number of rotatable bonds is 5. The molecule has 1 aliphatic carbocycles. The van der Waals surface area contributed by atoms with Crippen LogP contribution >= 0.6 is 0 Å². The van der Waals surface area contributed by atoms with E-state index in [1.54, 1.807) is 13.0 Å². The number of amides is 2. The van der Waals surface area contributed by atoms with Gasteiger partial charge in [0.25, 0.3) is 11.8 Å². The van der Waals surface area contributed by atoms with Gasteiger partial charge in [0, 0.05) is 0 Å². The number of aryl methyl sites for hydroxylation is 1. The number of nitrogens with two attached hydrogens (primary N) is 1. The Labute approximate surface area is 161 Å². The largest absolute Gasteiger partial charge is 0.449 e. The number of fused-ring (bicyclic) bond motifs is 1. The van der Waals surface area contributed by atoms with Crippen molar-refractivity contribution in [2.24, 2.45) is 11.7 Å². The van der Waals surface area contributed by atoms with Crippen LogP contribution in [0.15, 0.2) is 28.8 Å². The molecule has 8 nitrogen and oxygen atoms in total. The standard InChI is InChI=1S/C18H16F3N5O3/c1-8-6-10(12-4-5-13(29-12)15(22)27)25-26-11(8)7-23-16(26)17(28)24-14(9-2-3-9)18(19,20)21/h4-7,9,14H,2-3H2,1H3,(H2,22,27)(H,24,28). The van der Waals surface area contributed by atoms with E-state index in [0.717, 1.165) is 4.52 Å². The van der Waals surface area contributed by atoms with Crippen molar-refractivity contribution >= 4 is 17.3 Å². The van der Waals surface area contributed by atoms with E-state index in [9.17, 15) is 22.8 Å². The maximum atomic E-state index is 13.2. The van der Waals surface area contributed by atoms with Gasteiger partial charge in [-0.1, -0.05) is 0 Å². The number of nitrogens with one attached hydrogen (secondary N) is 1. The molecule has 29 heavy (non-hydrogen) atoms. The number of carbonyl (C=O) groups excluding carboxylic acids is 2. The van der Waals surface area contributed by atoms with Crippen LogP contribution in [0.5, 0.6) is 0 Å². The van der Waals surface area contributed by atoms with Gasteiger partial charge in [0.2, 0.25) is 5.82 Å². The zero-order chi connectivity index (χ0) is 20.9. The highest BCUT2D eigenvalue weighted by molar-refractivity contribution is 5.92. The van der Waals surface area contributed by atoms with E-state index in [4.69, 9.17) is 10.2 Å². The number of carbonyl (C=O) groups is 2. The molecular weight excluding hydrogens is 391 g/mol. The molecule has 0 radical (unpaired) electrons. The Morgan fingerprint density at radius 1 is 1.34 bits per heavy atom. The minimum absolute atomic E-state index is 0.0689. The Kier molecular flexibility index (Phi) is 4.32. The molecule has 11 heteroatoms. The van der Waals surface area contributed by atoms with Crippen molar-refractivity contribution in [2.45, 2.75) is 32.0 Å². The van der Waals surface area contributed by atoms with Crippen molar-refractivity contribution in [3.8, 4) is 11.5 Å². The van der Waals surface area contributed by atoms with E-state index in [2.05, 4.69) is 10.1 Å². The van der Waals surface area contributed by atoms with Crippen LogP contribution in [0.3, 0.4) is 0 Å². The molecule has 4 rings (SSSR count). The van der Waals surface area contributed by atoms with E-state index in [-0.39, 0.29) is 23.0 Å². The van der Waals surface area contributed by atoms with Crippen LogP contribution in [0.1, 0.15) is 39.6 Å². The molecule has 152 valence electrons. The number of imidazole rings is 1. The number of primary amides is 1. The molecule has 0 bridgehead atoms. The summed E-state index contributed by atoms with van der Waals surface area (Å²) in [6.07, 6.45) is -2.36. The zero-order valence-electron chi connectivity index (χ0n) is 15.2. The Hall–Kier alpha value is -3.37. The monoisotopic (exact) mass is 407 g/mol. The third-order valence-corrected chi connectivity index (χ3v) is 4.74. The quantitative estimate of drug-likeness (QED) is 0.674. The molecule has 2 amide bonds. The van der Waals surface area contributed by atoms with Crippen molar-refractivity contribution in [1.29, 1.82) is 0 Å². The molecule has 0 aromatic carbocycles. The van der Waals surface area contributed by atoms with Gasteiger partial charge in [0.05, 0.1) is 11.7 Å². The minimum Gasteiger partial charge on any atom is -0.449 e. The van der Waals surface area contributed by atoms with Crippen LogP contribution < -0.4 is 11.1 Å². The fourth-order valence-electron chi connectivity index (χ4n) is 3.12. The fraction of sp³-hybridized carbons (Fsp3) is 0.333. The Bertz CT molecular complexity index is 1110. The van der Waals surface area contributed by atoms with Crippen molar-refractivity contribution in [1.82, 2.24) is 19.9 Å². The molecule has 0 spiro atoms. The first-order valence-electron chi connectivity index (χ1n) is 8.78. The summed E-state index contributed by atoms with van der Waals surface area (Å²) in [6, 6.07) is 2.58. The summed E-state index contributed by atoms with van der Waals surface area (Å²) in [5.41, 5.74) is 6.55. The lowest BCUT2D eigenvalue weighted by atomic mass is 10.2. The second kappa shape index (κ2) is 6.61. The number of hydrogen-bond donors (Lipinski definition) is 2. The van der Waals surface area contributed by atoms with E-state index in [0.29, 0.717) is 23.9 Å². The van der Waals surface area contributed by atoms with Crippen LogP contribution in [0.25, 0.3) is 17.0 Å². The van der Waals surface area contributed by atoms with Gasteiger partial charge in [-0.05, 0) is 49.4 Å². The average Bonchev–Trinajstić information content (AvgIpc) is 3.17. The third-order valence-electron chi connectivity index (χ3n) is 4.74. The van der Waals surface area contributed by atoms with Gasteiger partial charge in [-0.3, -0.25) is 9.59 Å². The Balaban J connectivity index is 1.70. The van der Waals surface area contributed by atoms with Gasteiger partial charge < -0.3 is 15.5 Å². The van der Waals surface area contributed by atoms with E-state index in [1.807, 2.05) is 5.32 Å². The first-order valence-corrected chi connectivity index (χ1v) is 8.78. The maximum absolute atomic E-state index is 13.2. The highest BCUT2D eigenvalue weighted by Gasteiger charge is 2.50. The number of alkyl halides is 3. The number of halogens is 3. The molecule has 1 fully saturated rings. The predicted octanol–water partition coefficient (Wildman–Crippen LogP) is 2.47. The molecule has 0 aliphatic heterocycles. The third kappa shape index (κ3) is 3.55. The molecule has 1 atom stereocenters. The van der Waals surface area contributed by atoms with Crippen molar-refractivity contribution in [3.05, 3.63) is 41.5 Å². The number of aromatic nitrogens is 3. The summed E-state index contributed by atoms with van der Waals surface area (Å²) in [4.78, 5) is 27.7. The van der Waals surface area contributed by atoms with Gasteiger partial charge in [0.15, 0.2) is 11.5 Å². The van der Waals surface area contributed by atoms with E-state index in [1.165, 1.54) is 18.3 Å². The minimum atomic E-state index is -4.54. The van der Waals surface area contributed by atoms with Crippen LogP contribution in [-0.4, -0.2) is 38.6 Å². The fourth-order valence-corrected chi connectivity index (χ4v) is 3.12. The molecule has 0 saturated heterocycles. The van der Waals surface area contributed by atoms with Gasteiger partial charge in [-0.2, -0.15) is 18.3 Å². The molecule has 3 N–H and O–H groups in total. The molecular formula is C18H16F3N5O3. The summed E-state index contributed by atoms with van der Waals surface area (Å²) in [5.74, 6) is -2.47. The van der Waals surface area contributed by atoms with Crippen molar-refractivity contribution < 1.29 is 27.2 Å². The lowest BCUT2D eigenvalue weighted by Gasteiger charge is -2.20. The summed E-state index contributed by atoms with van der Waals surface area (Å²) in [5, 5.41) is 6.30. The summed E-state index contributed by atoms with van der Waals surface area (Å²) >= 11 is 0. The number of hydrogen-bond acceptors (Lipinski definition) is 5. The highest BCUT2D eigenvalue weighted by Crippen LogP contribution is 2.40. The number of furan rings is 1. The number of nitrogens with zero attached hydrogens (tertiary/aromatic N) is 3. The average molecular weight is 407 g/mol. The molecule has 1 unspecified atom stereocenters. The second-order valence-electron chi connectivity index (χ2n) is 6.95. The van der Waals surface area contributed by atoms with Crippen LogP contribution in [-0.2, 0) is 0 Å². The topological polar surface area (TPSA) is 116 Å². The maximum Gasteiger partial charge on any atom is 0.408 e. The smallest absolute Gasteiger partial charge is 0.408 e. The van der Waals surface area contributed by atoms with E-state index >= 15 is 0 Å².